The van der Waals surface area contributed by atoms with E-state index in [4.69, 9.17) is 15.2 Å². The minimum absolute atomic E-state index is 0.678. The standard InChI is InChI=1S/C16H27N3O2/c1-20-13-14-21-12-4-7-18-8-10-19(11-9-18)16-6-3-2-5-15(16)17/h2-3,5-6H,4,7-14,17H2,1H3. The number of nitrogens with zero attached hydrogens (tertiary/aromatic N) is 2. The second-order valence-electron chi connectivity index (χ2n) is 5.35. The molecule has 1 fully saturated rings. The molecule has 0 saturated carbocycles. The van der Waals surface area contributed by atoms with Crippen LogP contribution in [0, 0.1) is 0 Å². The first-order chi connectivity index (χ1) is 10.3. The van der Waals surface area contributed by atoms with Gasteiger partial charge >= 0.3 is 0 Å². The van der Waals surface area contributed by atoms with Crippen LogP contribution in [0.2, 0.25) is 0 Å². The minimum atomic E-state index is 0.678. The van der Waals surface area contributed by atoms with Crippen LogP contribution in [0.15, 0.2) is 24.3 Å². The molecule has 1 aliphatic heterocycles. The summed E-state index contributed by atoms with van der Waals surface area (Å²) in [6.45, 7) is 7.55. The zero-order valence-electron chi connectivity index (χ0n) is 13.0. The Morgan fingerprint density at radius 2 is 1.81 bits per heavy atom. The van der Waals surface area contributed by atoms with Crippen molar-refractivity contribution in [1.82, 2.24) is 4.90 Å². The number of benzene rings is 1. The third-order valence-corrected chi connectivity index (χ3v) is 3.84. The monoisotopic (exact) mass is 293 g/mol. The molecule has 2 rings (SSSR count). The number of anilines is 2. The van der Waals surface area contributed by atoms with E-state index in [0.717, 1.165) is 51.4 Å². The number of nitrogen functional groups attached to an aromatic ring is 1. The zero-order chi connectivity index (χ0) is 14.9. The van der Waals surface area contributed by atoms with Gasteiger partial charge in [-0.2, -0.15) is 0 Å². The van der Waals surface area contributed by atoms with E-state index < -0.39 is 0 Å². The summed E-state index contributed by atoms with van der Waals surface area (Å²) in [6.07, 6.45) is 1.08. The van der Waals surface area contributed by atoms with E-state index >= 15 is 0 Å². The Labute approximate surface area is 127 Å². The van der Waals surface area contributed by atoms with Crippen LogP contribution < -0.4 is 10.6 Å². The molecule has 0 amide bonds. The van der Waals surface area contributed by atoms with Crippen LogP contribution in [0.4, 0.5) is 11.4 Å². The van der Waals surface area contributed by atoms with Crippen molar-refractivity contribution in [3.05, 3.63) is 24.3 Å². The molecule has 0 aromatic heterocycles. The number of para-hydroxylation sites is 2. The number of hydrogen-bond acceptors (Lipinski definition) is 5. The zero-order valence-corrected chi connectivity index (χ0v) is 13.0. The highest BCUT2D eigenvalue weighted by atomic mass is 16.5. The van der Waals surface area contributed by atoms with Crippen molar-refractivity contribution in [2.75, 3.05) is 70.3 Å². The summed E-state index contributed by atoms with van der Waals surface area (Å²) in [5, 5.41) is 0. The molecular weight excluding hydrogens is 266 g/mol. The van der Waals surface area contributed by atoms with Gasteiger partial charge in [0.05, 0.1) is 24.6 Å². The fraction of sp³-hybridized carbons (Fsp3) is 0.625. The Kier molecular flexibility index (Phi) is 6.79. The van der Waals surface area contributed by atoms with E-state index in [1.54, 1.807) is 7.11 Å². The van der Waals surface area contributed by atoms with Crippen LogP contribution >= 0.6 is 0 Å². The molecule has 1 heterocycles. The number of piperazine rings is 1. The third kappa shape index (κ3) is 5.19. The van der Waals surface area contributed by atoms with E-state index in [-0.39, 0.29) is 0 Å². The second-order valence-corrected chi connectivity index (χ2v) is 5.35. The predicted octanol–water partition coefficient (Wildman–Crippen LogP) is 1.44. The molecule has 2 N–H and O–H groups in total. The number of methoxy groups -OCH3 is 1. The minimum Gasteiger partial charge on any atom is -0.397 e. The highest BCUT2D eigenvalue weighted by Gasteiger charge is 2.17. The van der Waals surface area contributed by atoms with E-state index in [1.165, 1.54) is 5.69 Å². The maximum Gasteiger partial charge on any atom is 0.0700 e. The Bertz CT molecular complexity index is 406. The molecule has 1 aromatic carbocycles. The third-order valence-electron chi connectivity index (χ3n) is 3.84. The van der Waals surface area contributed by atoms with Gasteiger partial charge in [0, 0.05) is 46.4 Å². The molecule has 118 valence electrons. The van der Waals surface area contributed by atoms with Crippen LogP contribution in [-0.2, 0) is 9.47 Å². The van der Waals surface area contributed by atoms with Gasteiger partial charge in [0.1, 0.15) is 0 Å². The molecule has 21 heavy (non-hydrogen) atoms. The van der Waals surface area contributed by atoms with Crippen molar-refractivity contribution in [3.8, 4) is 0 Å². The molecule has 0 atom stereocenters. The van der Waals surface area contributed by atoms with E-state index in [2.05, 4.69) is 21.9 Å². The Morgan fingerprint density at radius 1 is 1.05 bits per heavy atom. The lowest BCUT2D eigenvalue weighted by molar-refractivity contribution is 0.0649. The molecule has 5 heteroatoms. The fourth-order valence-electron chi connectivity index (χ4n) is 2.62. The average Bonchev–Trinajstić information content (AvgIpc) is 2.52. The van der Waals surface area contributed by atoms with Crippen LogP contribution in [0.25, 0.3) is 0 Å². The Hall–Kier alpha value is -1.30. The summed E-state index contributed by atoms with van der Waals surface area (Å²) in [6, 6.07) is 8.11. The van der Waals surface area contributed by atoms with Gasteiger partial charge in [0.25, 0.3) is 0 Å². The molecule has 1 saturated heterocycles. The lowest BCUT2D eigenvalue weighted by Crippen LogP contribution is -2.47. The Balaban J connectivity index is 1.63. The summed E-state index contributed by atoms with van der Waals surface area (Å²) >= 11 is 0. The maximum atomic E-state index is 6.04. The van der Waals surface area contributed by atoms with Gasteiger partial charge in [-0.3, -0.25) is 4.90 Å². The maximum absolute atomic E-state index is 6.04. The molecule has 0 spiro atoms. The smallest absolute Gasteiger partial charge is 0.0700 e. The average molecular weight is 293 g/mol. The number of ether oxygens (including phenoxy) is 2. The van der Waals surface area contributed by atoms with Crippen LogP contribution in [0.1, 0.15) is 6.42 Å². The molecule has 0 radical (unpaired) electrons. The first kappa shape index (κ1) is 16.1. The van der Waals surface area contributed by atoms with E-state index in [1.807, 2.05) is 12.1 Å². The van der Waals surface area contributed by atoms with Crippen molar-refractivity contribution in [2.45, 2.75) is 6.42 Å². The number of rotatable bonds is 8. The Morgan fingerprint density at radius 3 is 2.52 bits per heavy atom. The van der Waals surface area contributed by atoms with Gasteiger partial charge in [0.2, 0.25) is 0 Å². The van der Waals surface area contributed by atoms with E-state index in [0.29, 0.717) is 13.2 Å². The first-order valence-corrected chi connectivity index (χ1v) is 7.70. The SMILES string of the molecule is COCCOCCCN1CCN(c2ccccc2N)CC1. The van der Waals surface area contributed by atoms with Crippen molar-refractivity contribution in [2.24, 2.45) is 0 Å². The van der Waals surface area contributed by atoms with Crippen LogP contribution in [0.3, 0.4) is 0 Å². The summed E-state index contributed by atoms with van der Waals surface area (Å²) < 4.78 is 10.4. The second kappa shape index (κ2) is 8.87. The van der Waals surface area contributed by atoms with Gasteiger partial charge in [0.15, 0.2) is 0 Å². The molecule has 0 bridgehead atoms. The highest BCUT2D eigenvalue weighted by molar-refractivity contribution is 5.67. The molecule has 0 unspecified atom stereocenters. The molecular formula is C16H27N3O2. The summed E-state index contributed by atoms with van der Waals surface area (Å²) in [7, 11) is 1.70. The van der Waals surface area contributed by atoms with Crippen LogP contribution in [0.5, 0.6) is 0 Å². The summed E-state index contributed by atoms with van der Waals surface area (Å²) in [5.74, 6) is 0. The summed E-state index contributed by atoms with van der Waals surface area (Å²) in [5.41, 5.74) is 8.08. The van der Waals surface area contributed by atoms with Gasteiger partial charge in [-0.15, -0.1) is 0 Å². The summed E-state index contributed by atoms with van der Waals surface area (Å²) in [4.78, 5) is 4.87. The van der Waals surface area contributed by atoms with Crippen molar-refractivity contribution >= 4 is 11.4 Å². The molecule has 0 aliphatic carbocycles. The predicted molar refractivity (Wildman–Crippen MR) is 86.8 cm³/mol. The highest BCUT2D eigenvalue weighted by Crippen LogP contribution is 2.23. The molecule has 1 aliphatic rings. The lowest BCUT2D eigenvalue weighted by Gasteiger charge is -2.36. The van der Waals surface area contributed by atoms with Crippen molar-refractivity contribution in [1.29, 1.82) is 0 Å². The fourth-order valence-corrected chi connectivity index (χ4v) is 2.62. The van der Waals surface area contributed by atoms with Crippen molar-refractivity contribution in [3.63, 3.8) is 0 Å². The number of hydrogen-bond donors (Lipinski definition) is 1. The van der Waals surface area contributed by atoms with Crippen LogP contribution in [-0.4, -0.2) is 64.6 Å². The molecule has 1 aromatic rings. The quantitative estimate of drug-likeness (QED) is 0.581. The normalized spacial score (nSPS) is 16.3. The van der Waals surface area contributed by atoms with Gasteiger partial charge < -0.3 is 20.1 Å². The van der Waals surface area contributed by atoms with Gasteiger partial charge in [-0.1, -0.05) is 12.1 Å². The largest absolute Gasteiger partial charge is 0.397 e. The van der Waals surface area contributed by atoms with Crippen molar-refractivity contribution < 1.29 is 9.47 Å². The van der Waals surface area contributed by atoms with Gasteiger partial charge in [-0.05, 0) is 18.6 Å². The molecule has 5 nitrogen and oxygen atoms in total. The van der Waals surface area contributed by atoms with E-state index in [9.17, 15) is 0 Å². The van der Waals surface area contributed by atoms with Gasteiger partial charge in [-0.25, -0.2) is 0 Å². The lowest BCUT2D eigenvalue weighted by atomic mass is 10.2. The first-order valence-electron chi connectivity index (χ1n) is 7.70. The number of nitrogens with two attached hydrogens (primary N) is 1. The topological polar surface area (TPSA) is 51.0 Å².